The van der Waals surface area contributed by atoms with Crippen LogP contribution in [0.2, 0.25) is 0 Å². The van der Waals surface area contributed by atoms with Gasteiger partial charge in [0.25, 0.3) is 0 Å². The van der Waals surface area contributed by atoms with Crippen LogP contribution < -0.4 is 0 Å². The third-order valence-corrected chi connectivity index (χ3v) is 9.65. The largest absolute Gasteiger partial charge is 0.462 e. The molecule has 0 aromatic heterocycles. The van der Waals surface area contributed by atoms with Gasteiger partial charge in [0.15, 0.2) is 0 Å². The van der Waals surface area contributed by atoms with Gasteiger partial charge in [-0.15, -0.1) is 0 Å². The van der Waals surface area contributed by atoms with Crippen molar-refractivity contribution in [1.82, 2.24) is 0 Å². The standard InChI is InChI=1S/C23H36O3/c1-5-20(25)26-19-7-6-17-16-9-11-21(2)14-15(24)8-13-23(21,4)18(16)10-12-22(17,19)3/h16-19H,5-14H2,1-4H3/t16-,17-,18-,19+,21-,22-,23+/m0/s1. The molecule has 4 aliphatic rings. The van der Waals surface area contributed by atoms with E-state index in [0.717, 1.165) is 37.5 Å². The third kappa shape index (κ3) is 2.44. The molecule has 0 heterocycles. The van der Waals surface area contributed by atoms with Gasteiger partial charge in [-0.2, -0.15) is 0 Å². The fourth-order valence-corrected chi connectivity index (χ4v) is 7.79. The lowest BCUT2D eigenvalue weighted by Gasteiger charge is -2.64. The normalized spacial score (nSPS) is 50.5. The average molecular weight is 361 g/mol. The van der Waals surface area contributed by atoms with Crippen molar-refractivity contribution in [2.24, 2.45) is 34.0 Å². The van der Waals surface area contributed by atoms with Crippen LogP contribution in [0.5, 0.6) is 0 Å². The number of fused-ring (bicyclic) bond motifs is 5. The molecule has 0 bridgehead atoms. The maximum atomic E-state index is 12.2. The highest BCUT2D eigenvalue weighted by molar-refractivity contribution is 5.80. The van der Waals surface area contributed by atoms with Crippen molar-refractivity contribution in [3.63, 3.8) is 0 Å². The summed E-state index contributed by atoms with van der Waals surface area (Å²) in [5, 5.41) is 0. The zero-order valence-corrected chi connectivity index (χ0v) is 17.1. The second-order valence-electron chi connectivity index (χ2n) is 10.6. The Morgan fingerprint density at radius 2 is 1.81 bits per heavy atom. The number of carbonyl (C=O) groups is 2. The molecule has 0 radical (unpaired) electrons. The van der Waals surface area contributed by atoms with Crippen LogP contribution in [-0.4, -0.2) is 17.9 Å². The molecule has 7 atom stereocenters. The van der Waals surface area contributed by atoms with E-state index in [1.807, 2.05) is 6.92 Å². The van der Waals surface area contributed by atoms with Gasteiger partial charge in [-0.05, 0) is 73.5 Å². The van der Waals surface area contributed by atoms with E-state index in [-0.39, 0.29) is 22.9 Å². The Bertz CT molecular complexity index is 613. The molecule has 3 nitrogen and oxygen atoms in total. The summed E-state index contributed by atoms with van der Waals surface area (Å²) >= 11 is 0. The van der Waals surface area contributed by atoms with Gasteiger partial charge in [-0.1, -0.05) is 27.7 Å². The van der Waals surface area contributed by atoms with E-state index in [2.05, 4.69) is 20.8 Å². The molecule has 26 heavy (non-hydrogen) atoms. The number of hydrogen-bond donors (Lipinski definition) is 0. The van der Waals surface area contributed by atoms with E-state index in [1.54, 1.807) is 0 Å². The summed E-state index contributed by atoms with van der Waals surface area (Å²) in [7, 11) is 0. The van der Waals surface area contributed by atoms with Gasteiger partial charge in [0, 0.05) is 24.7 Å². The van der Waals surface area contributed by atoms with Gasteiger partial charge >= 0.3 is 5.97 Å². The molecule has 4 rings (SSSR count). The van der Waals surface area contributed by atoms with Crippen LogP contribution in [0.1, 0.15) is 91.9 Å². The molecule has 0 saturated heterocycles. The smallest absolute Gasteiger partial charge is 0.305 e. The Morgan fingerprint density at radius 1 is 1.04 bits per heavy atom. The van der Waals surface area contributed by atoms with Gasteiger partial charge in [-0.25, -0.2) is 0 Å². The summed E-state index contributed by atoms with van der Waals surface area (Å²) in [6.07, 6.45) is 10.4. The number of ketones is 1. The van der Waals surface area contributed by atoms with E-state index in [9.17, 15) is 9.59 Å². The first-order chi connectivity index (χ1) is 12.2. The van der Waals surface area contributed by atoms with Gasteiger partial charge in [0.05, 0.1) is 0 Å². The average Bonchev–Trinajstić information content (AvgIpc) is 2.92. The number of carbonyl (C=O) groups excluding carboxylic acids is 2. The number of rotatable bonds is 2. The van der Waals surface area contributed by atoms with E-state index in [0.29, 0.717) is 23.5 Å². The highest BCUT2D eigenvalue weighted by atomic mass is 16.5. The van der Waals surface area contributed by atoms with E-state index >= 15 is 0 Å². The Balaban J connectivity index is 1.59. The molecule has 4 saturated carbocycles. The zero-order chi connectivity index (χ0) is 18.7. The Hall–Kier alpha value is -0.860. The lowest BCUT2D eigenvalue weighted by Crippen LogP contribution is -2.58. The minimum absolute atomic E-state index is 0.0343. The molecule has 4 aliphatic carbocycles. The molecule has 0 spiro atoms. The summed E-state index contributed by atoms with van der Waals surface area (Å²) in [4.78, 5) is 24.1. The SMILES string of the molecule is CCC(=O)O[C@@H]1CC[C@H]2[C@@H]3CC[C@@]4(C)CC(=O)CC[C@]4(C)[C@H]3CC[C@]12C. The molecule has 0 aromatic rings. The summed E-state index contributed by atoms with van der Waals surface area (Å²) < 4.78 is 5.89. The van der Waals surface area contributed by atoms with Crippen molar-refractivity contribution in [1.29, 1.82) is 0 Å². The Kier molecular flexibility index (Phi) is 4.32. The fourth-order valence-electron chi connectivity index (χ4n) is 7.79. The Labute approximate surface area is 158 Å². The number of hydrogen-bond acceptors (Lipinski definition) is 3. The predicted octanol–water partition coefficient (Wildman–Crippen LogP) is 5.31. The second kappa shape index (κ2) is 6.07. The first-order valence-electron chi connectivity index (χ1n) is 10.9. The first-order valence-corrected chi connectivity index (χ1v) is 10.9. The molecule has 0 unspecified atom stereocenters. The summed E-state index contributed by atoms with van der Waals surface area (Å²) in [5.41, 5.74) is 0.674. The van der Waals surface area contributed by atoms with Crippen molar-refractivity contribution in [3.05, 3.63) is 0 Å². The maximum absolute atomic E-state index is 12.2. The molecule has 4 fully saturated rings. The van der Waals surface area contributed by atoms with Gasteiger partial charge in [0.2, 0.25) is 0 Å². The van der Waals surface area contributed by atoms with Crippen molar-refractivity contribution >= 4 is 11.8 Å². The predicted molar refractivity (Wildman–Crippen MR) is 102 cm³/mol. The van der Waals surface area contributed by atoms with Crippen molar-refractivity contribution in [2.45, 2.75) is 98.0 Å². The zero-order valence-electron chi connectivity index (χ0n) is 17.1. The molecule has 0 amide bonds. The van der Waals surface area contributed by atoms with Crippen LogP contribution >= 0.6 is 0 Å². The number of esters is 1. The van der Waals surface area contributed by atoms with Crippen molar-refractivity contribution in [2.75, 3.05) is 0 Å². The molecule has 0 aromatic carbocycles. The highest BCUT2D eigenvalue weighted by Crippen LogP contribution is 2.69. The van der Waals surface area contributed by atoms with Crippen molar-refractivity contribution < 1.29 is 14.3 Å². The topological polar surface area (TPSA) is 43.4 Å². The lowest BCUT2D eigenvalue weighted by molar-refractivity contribution is -0.174. The monoisotopic (exact) mass is 360 g/mol. The fraction of sp³-hybridized carbons (Fsp3) is 0.913. The summed E-state index contributed by atoms with van der Waals surface area (Å²) in [5.74, 6) is 2.64. The second-order valence-corrected chi connectivity index (χ2v) is 10.6. The van der Waals surface area contributed by atoms with E-state index < -0.39 is 0 Å². The van der Waals surface area contributed by atoms with Crippen molar-refractivity contribution in [3.8, 4) is 0 Å². The highest BCUT2D eigenvalue weighted by Gasteiger charge is 2.63. The van der Waals surface area contributed by atoms with Gasteiger partial charge < -0.3 is 4.74 Å². The molecule has 3 heteroatoms. The van der Waals surface area contributed by atoms with Gasteiger partial charge in [0.1, 0.15) is 11.9 Å². The summed E-state index contributed by atoms with van der Waals surface area (Å²) in [6.45, 7) is 9.19. The molecular formula is C23H36O3. The van der Waals surface area contributed by atoms with Crippen LogP contribution in [0, 0.1) is 34.0 Å². The van der Waals surface area contributed by atoms with E-state index in [1.165, 1.54) is 32.1 Å². The molecule has 0 N–H and O–H groups in total. The molecular weight excluding hydrogens is 324 g/mol. The van der Waals surface area contributed by atoms with Crippen LogP contribution in [-0.2, 0) is 14.3 Å². The lowest BCUT2D eigenvalue weighted by atomic mass is 9.40. The van der Waals surface area contributed by atoms with Gasteiger partial charge in [-0.3, -0.25) is 9.59 Å². The van der Waals surface area contributed by atoms with Crippen LogP contribution in [0.4, 0.5) is 0 Å². The number of ether oxygens (including phenoxy) is 1. The quantitative estimate of drug-likeness (QED) is 0.627. The maximum Gasteiger partial charge on any atom is 0.305 e. The van der Waals surface area contributed by atoms with Crippen LogP contribution in [0.3, 0.4) is 0 Å². The van der Waals surface area contributed by atoms with E-state index in [4.69, 9.17) is 4.74 Å². The number of Topliss-reactive ketones (excluding diaryl/α,β-unsaturated/α-hetero) is 1. The first kappa shape index (κ1) is 18.5. The summed E-state index contributed by atoms with van der Waals surface area (Å²) in [6, 6.07) is 0. The minimum atomic E-state index is -0.0343. The molecule has 146 valence electrons. The van der Waals surface area contributed by atoms with Crippen LogP contribution in [0.15, 0.2) is 0 Å². The minimum Gasteiger partial charge on any atom is -0.462 e. The van der Waals surface area contributed by atoms with Crippen LogP contribution in [0.25, 0.3) is 0 Å². The molecule has 0 aliphatic heterocycles. The Morgan fingerprint density at radius 3 is 2.54 bits per heavy atom. The third-order valence-electron chi connectivity index (χ3n) is 9.65.